The number of carbonyl (C=O) groups excluding carboxylic acids is 2. The largest absolute Gasteiger partial charge is 0.395 e. The molecular formula is C15H14N2O3. The Kier molecular flexibility index (Phi) is 2.91. The second-order valence-corrected chi connectivity index (χ2v) is 4.62. The van der Waals surface area contributed by atoms with Gasteiger partial charge < -0.3 is 10.4 Å². The predicted octanol–water partition coefficient (Wildman–Crippen LogP) is 1.47. The second kappa shape index (κ2) is 4.61. The van der Waals surface area contributed by atoms with Gasteiger partial charge in [-0.3, -0.25) is 14.5 Å². The SMILES string of the molecule is CNc1ccc2c3c(cccc13)C(=O)N(CCO)C2=O. The molecule has 2 N–H and O–H groups in total. The highest BCUT2D eigenvalue weighted by Gasteiger charge is 2.32. The first-order valence-electron chi connectivity index (χ1n) is 6.39. The van der Waals surface area contributed by atoms with Crippen molar-refractivity contribution in [1.82, 2.24) is 4.90 Å². The van der Waals surface area contributed by atoms with Crippen molar-refractivity contribution in [2.75, 3.05) is 25.5 Å². The zero-order valence-corrected chi connectivity index (χ0v) is 11.0. The van der Waals surface area contributed by atoms with Gasteiger partial charge in [0.25, 0.3) is 11.8 Å². The average Bonchev–Trinajstić information content (AvgIpc) is 2.48. The Labute approximate surface area is 115 Å². The molecule has 0 radical (unpaired) electrons. The Hall–Kier alpha value is -2.40. The summed E-state index contributed by atoms with van der Waals surface area (Å²) < 4.78 is 0. The van der Waals surface area contributed by atoms with E-state index in [0.29, 0.717) is 16.5 Å². The smallest absolute Gasteiger partial charge is 0.261 e. The Bertz CT molecular complexity index is 702. The lowest BCUT2D eigenvalue weighted by atomic mass is 9.93. The lowest BCUT2D eigenvalue weighted by Gasteiger charge is -2.27. The summed E-state index contributed by atoms with van der Waals surface area (Å²) in [6, 6.07) is 8.94. The summed E-state index contributed by atoms with van der Waals surface area (Å²) in [6.07, 6.45) is 0. The van der Waals surface area contributed by atoms with E-state index >= 15 is 0 Å². The zero-order chi connectivity index (χ0) is 14.3. The molecule has 102 valence electrons. The summed E-state index contributed by atoms with van der Waals surface area (Å²) in [5.74, 6) is -0.703. The van der Waals surface area contributed by atoms with Gasteiger partial charge in [-0.15, -0.1) is 0 Å². The minimum absolute atomic E-state index is 0.0152. The summed E-state index contributed by atoms with van der Waals surface area (Å²) in [4.78, 5) is 25.8. The molecule has 2 aromatic rings. The van der Waals surface area contributed by atoms with E-state index in [1.807, 2.05) is 12.1 Å². The third kappa shape index (κ3) is 1.60. The van der Waals surface area contributed by atoms with Crippen molar-refractivity contribution in [3.05, 3.63) is 41.5 Å². The Morgan fingerprint density at radius 1 is 1.10 bits per heavy atom. The van der Waals surface area contributed by atoms with Crippen LogP contribution in [0.25, 0.3) is 10.8 Å². The number of nitrogens with zero attached hydrogens (tertiary/aromatic N) is 1. The van der Waals surface area contributed by atoms with Gasteiger partial charge in [-0.1, -0.05) is 12.1 Å². The van der Waals surface area contributed by atoms with E-state index < -0.39 is 0 Å². The van der Waals surface area contributed by atoms with Gasteiger partial charge in [0.1, 0.15) is 0 Å². The van der Waals surface area contributed by atoms with Gasteiger partial charge in [0.2, 0.25) is 0 Å². The lowest BCUT2D eigenvalue weighted by Crippen LogP contribution is -2.41. The molecule has 0 bridgehead atoms. The van der Waals surface area contributed by atoms with E-state index in [9.17, 15) is 9.59 Å². The highest BCUT2D eigenvalue weighted by Crippen LogP contribution is 2.33. The molecule has 0 aliphatic carbocycles. The zero-order valence-electron chi connectivity index (χ0n) is 11.0. The molecule has 0 aromatic heterocycles. The number of anilines is 1. The molecule has 5 heteroatoms. The van der Waals surface area contributed by atoms with Crippen LogP contribution in [-0.4, -0.2) is 42.0 Å². The van der Waals surface area contributed by atoms with E-state index in [2.05, 4.69) is 5.32 Å². The Morgan fingerprint density at radius 2 is 1.80 bits per heavy atom. The summed E-state index contributed by atoms with van der Waals surface area (Å²) in [6.45, 7) is -0.224. The molecule has 0 unspecified atom stereocenters. The number of hydrogen-bond acceptors (Lipinski definition) is 4. The number of benzene rings is 2. The van der Waals surface area contributed by atoms with Crippen LogP contribution in [0.5, 0.6) is 0 Å². The normalized spacial score (nSPS) is 14.0. The number of imide groups is 1. The van der Waals surface area contributed by atoms with E-state index in [-0.39, 0.29) is 25.0 Å². The number of β-amino-alcohol motifs (C(OH)–C–C–N with tert-alkyl or cyclic N) is 1. The Balaban J connectivity index is 2.33. The van der Waals surface area contributed by atoms with E-state index in [0.717, 1.165) is 16.0 Å². The molecule has 5 nitrogen and oxygen atoms in total. The van der Waals surface area contributed by atoms with Crippen LogP contribution in [0.4, 0.5) is 5.69 Å². The van der Waals surface area contributed by atoms with Crippen molar-refractivity contribution >= 4 is 28.3 Å². The molecule has 0 spiro atoms. The molecule has 1 aliphatic rings. The molecule has 1 aliphatic heterocycles. The van der Waals surface area contributed by atoms with Gasteiger partial charge >= 0.3 is 0 Å². The fourth-order valence-corrected chi connectivity index (χ4v) is 2.67. The summed E-state index contributed by atoms with van der Waals surface area (Å²) in [5.41, 5.74) is 1.88. The van der Waals surface area contributed by atoms with Gasteiger partial charge in [-0.25, -0.2) is 0 Å². The maximum absolute atomic E-state index is 12.4. The molecule has 0 atom stereocenters. The van der Waals surface area contributed by atoms with Gasteiger partial charge in [-0.2, -0.15) is 0 Å². The molecule has 1 heterocycles. The highest BCUT2D eigenvalue weighted by molar-refractivity contribution is 6.26. The van der Waals surface area contributed by atoms with Crippen molar-refractivity contribution in [2.45, 2.75) is 0 Å². The molecule has 0 fully saturated rings. The quantitative estimate of drug-likeness (QED) is 0.829. The molecule has 0 saturated heterocycles. The van der Waals surface area contributed by atoms with Crippen molar-refractivity contribution in [3.63, 3.8) is 0 Å². The fraction of sp³-hybridized carbons (Fsp3) is 0.200. The van der Waals surface area contributed by atoms with Crippen LogP contribution in [0.2, 0.25) is 0 Å². The number of aliphatic hydroxyl groups is 1. The van der Waals surface area contributed by atoms with Crippen LogP contribution < -0.4 is 5.32 Å². The predicted molar refractivity (Wildman–Crippen MR) is 75.9 cm³/mol. The average molecular weight is 270 g/mol. The first-order chi connectivity index (χ1) is 9.69. The van der Waals surface area contributed by atoms with Gasteiger partial charge in [0.15, 0.2) is 0 Å². The van der Waals surface area contributed by atoms with E-state index in [4.69, 9.17) is 5.11 Å². The molecule has 0 saturated carbocycles. The van der Waals surface area contributed by atoms with Crippen molar-refractivity contribution in [1.29, 1.82) is 0 Å². The second-order valence-electron chi connectivity index (χ2n) is 4.62. The van der Waals surface area contributed by atoms with Crippen molar-refractivity contribution in [2.24, 2.45) is 0 Å². The maximum atomic E-state index is 12.4. The number of nitrogens with one attached hydrogen (secondary N) is 1. The minimum Gasteiger partial charge on any atom is -0.395 e. The molecule has 2 amide bonds. The van der Waals surface area contributed by atoms with Gasteiger partial charge in [-0.05, 0) is 18.2 Å². The maximum Gasteiger partial charge on any atom is 0.261 e. The summed E-state index contributed by atoms with van der Waals surface area (Å²) >= 11 is 0. The topological polar surface area (TPSA) is 69.6 Å². The monoisotopic (exact) mass is 270 g/mol. The van der Waals surface area contributed by atoms with Crippen molar-refractivity contribution in [3.8, 4) is 0 Å². The fourth-order valence-electron chi connectivity index (χ4n) is 2.67. The summed E-state index contributed by atoms with van der Waals surface area (Å²) in [5, 5.41) is 13.6. The number of aliphatic hydroxyl groups excluding tert-OH is 1. The highest BCUT2D eigenvalue weighted by atomic mass is 16.3. The van der Waals surface area contributed by atoms with Crippen LogP contribution in [0.15, 0.2) is 30.3 Å². The molecule has 3 rings (SSSR count). The standard InChI is InChI=1S/C15H14N2O3/c1-16-12-6-5-11-13-9(12)3-2-4-10(13)14(19)17(7-8-18)15(11)20/h2-6,16,18H,7-8H2,1H3. The van der Waals surface area contributed by atoms with Crippen LogP contribution >= 0.6 is 0 Å². The number of amides is 2. The first kappa shape index (κ1) is 12.6. The molecule has 2 aromatic carbocycles. The van der Waals surface area contributed by atoms with Gasteiger partial charge in [0, 0.05) is 34.6 Å². The number of carbonyl (C=O) groups is 2. The summed E-state index contributed by atoms with van der Waals surface area (Å²) in [7, 11) is 1.80. The van der Waals surface area contributed by atoms with Gasteiger partial charge in [0.05, 0.1) is 13.2 Å². The number of rotatable bonds is 3. The Morgan fingerprint density at radius 3 is 2.45 bits per heavy atom. The lowest BCUT2D eigenvalue weighted by molar-refractivity contribution is 0.0580. The van der Waals surface area contributed by atoms with Crippen molar-refractivity contribution < 1.29 is 14.7 Å². The van der Waals surface area contributed by atoms with Crippen LogP contribution in [0, 0.1) is 0 Å². The molecule has 20 heavy (non-hydrogen) atoms. The van der Waals surface area contributed by atoms with Crippen LogP contribution in [0.3, 0.4) is 0 Å². The minimum atomic E-state index is -0.351. The van der Waals surface area contributed by atoms with Crippen LogP contribution in [0.1, 0.15) is 20.7 Å². The number of hydrogen-bond donors (Lipinski definition) is 2. The van der Waals surface area contributed by atoms with Crippen LogP contribution in [-0.2, 0) is 0 Å². The molecular weight excluding hydrogens is 256 g/mol. The first-order valence-corrected chi connectivity index (χ1v) is 6.39. The van der Waals surface area contributed by atoms with E-state index in [1.54, 1.807) is 25.2 Å². The third-order valence-corrected chi connectivity index (χ3v) is 3.58. The van der Waals surface area contributed by atoms with E-state index in [1.165, 1.54) is 0 Å². The third-order valence-electron chi connectivity index (χ3n) is 3.58.